The molecule has 0 unspecified atom stereocenters. The highest BCUT2D eigenvalue weighted by Crippen LogP contribution is 2.48. The number of nitrogens with zero attached hydrogens (tertiary/aromatic N) is 12. The van der Waals surface area contributed by atoms with E-state index in [1.165, 1.54) is 0 Å². The second-order valence-electron chi connectivity index (χ2n) is 30.6. The fraction of sp³-hybridized carbons (Fsp3) is 0. The second kappa shape index (κ2) is 30.4. The second-order valence-corrected chi connectivity index (χ2v) is 30.6. The Balaban J connectivity index is 0.000000112. The zero-order valence-corrected chi connectivity index (χ0v) is 66.7. The van der Waals surface area contributed by atoms with Gasteiger partial charge >= 0.3 is 0 Å². The van der Waals surface area contributed by atoms with Gasteiger partial charge in [-0.3, -0.25) is 0 Å². The quantitative estimate of drug-likeness (QED) is 0.127. The largest absolute Gasteiger partial charge is 0.456 e. The molecule has 0 saturated heterocycles. The summed E-state index contributed by atoms with van der Waals surface area (Å²) in [4.78, 5) is 25.3. The summed E-state index contributed by atoms with van der Waals surface area (Å²) in [6.45, 7) is 24.5. The number of pyridine rings is 3. The Morgan fingerprint density at radius 2 is 0.603 bits per heavy atom. The van der Waals surface area contributed by atoms with Gasteiger partial charge in [-0.15, -0.1) is 0 Å². The number of hydrogen-bond acceptors (Lipinski definition) is 9. The van der Waals surface area contributed by atoms with Crippen LogP contribution in [-0.4, -0.2) is 28.7 Å². The molecule has 24 rings (SSSR count). The van der Waals surface area contributed by atoms with Gasteiger partial charge in [-0.05, 0) is 161 Å². The fourth-order valence-corrected chi connectivity index (χ4v) is 18.1. The summed E-state index contributed by atoms with van der Waals surface area (Å²) >= 11 is 0. The van der Waals surface area contributed by atoms with E-state index in [1.807, 2.05) is 261 Å². The number of furan rings is 3. The SMILES string of the molecule is [C-]#[N+]c1cc(-c2cc(-c3ccccc3)cnc2C#N)ccc1-n1c2ccccc2c2c3c(ccc21)oc1ccccc13.[C-]#[N+]c1cc(-c2cc(-c3ccccc3)cnc2C#N)ccc1-n1c2ccccc2c2c3oc4ccccc4c3ccc21.[C-]#[N+]c1cc(-c2cc(-c3ccccc3)cnc2C#N)ccc1-n1c2ccccc2c2cc3oc4ccccc4c3cc21. The third-order valence-corrected chi connectivity index (χ3v) is 23.8. The van der Waals surface area contributed by atoms with Gasteiger partial charge in [0.05, 0.1) is 75.3 Å². The molecule has 15 nitrogen and oxygen atoms in total. The maximum Gasteiger partial charge on any atom is 0.211 e. The summed E-state index contributed by atoms with van der Waals surface area (Å²) in [6, 6.07) is 121. The molecule has 582 valence electrons. The number of rotatable bonds is 9. The lowest BCUT2D eigenvalue weighted by atomic mass is 9.98. The van der Waals surface area contributed by atoms with E-state index in [4.69, 9.17) is 33.0 Å². The van der Waals surface area contributed by atoms with Gasteiger partial charge in [-0.2, -0.15) is 15.8 Å². The molecule has 24 aromatic rings. The summed E-state index contributed by atoms with van der Waals surface area (Å²) in [5.74, 6) is 0. The van der Waals surface area contributed by atoms with Crippen LogP contribution >= 0.6 is 0 Å². The van der Waals surface area contributed by atoms with Gasteiger partial charge in [0.2, 0.25) is 17.1 Å². The van der Waals surface area contributed by atoms with Crippen LogP contribution in [0.3, 0.4) is 0 Å². The molecule has 0 aliphatic carbocycles. The van der Waals surface area contributed by atoms with Crippen molar-refractivity contribution in [3.05, 3.63) is 416 Å². The van der Waals surface area contributed by atoms with Gasteiger partial charge in [-0.25, -0.2) is 29.5 Å². The summed E-state index contributed by atoms with van der Waals surface area (Å²) in [5, 5.41) is 42.4. The normalized spacial score (nSPS) is 11.3. The standard InChI is InChI=1S/3C37H20N4O/c1-39-30-20-24(29-19-25(22-40-31(29)21-38)23-9-3-2-4-10-23)15-17-33(30)41-32-13-7-5-12-28(32)36-34(41)18-16-27-26-11-6-8-14-35(26)42-37(27)36;1-39-31-18-24(28-17-25(22-40-32(28)21-38)23-9-3-2-4-10-23)15-16-34(31)41-33-13-7-5-11-26(33)29-20-37-30(19-35(29)41)27-12-6-8-14-36(27)42-37;1-39-29-20-24(28-19-25(22-40-30(28)21-38)23-9-3-2-4-10-23)15-16-32(29)41-31-13-7-5-11-26(31)36-33(41)17-18-35-37(36)27-12-6-8-14-34(27)42-35/h3*2-20,22H. The molecule has 0 N–H and O–H groups in total. The van der Waals surface area contributed by atoms with Crippen LogP contribution in [-0.2, 0) is 0 Å². The molecule has 0 fully saturated rings. The summed E-state index contributed by atoms with van der Waals surface area (Å²) in [5.41, 5.74) is 26.0. The molecule has 126 heavy (non-hydrogen) atoms. The predicted molar refractivity (Wildman–Crippen MR) is 503 cm³/mol. The van der Waals surface area contributed by atoms with Gasteiger partial charge in [-0.1, -0.05) is 218 Å². The molecule has 9 heterocycles. The van der Waals surface area contributed by atoms with Gasteiger partial charge in [0.1, 0.15) is 68.8 Å². The van der Waals surface area contributed by atoms with E-state index >= 15 is 0 Å². The molecule has 0 bridgehead atoms. The van der Waals surface area contributed by atoms with E-state index < -0.39 is 0 Å². The van der Waals surface area contributed by atoms with Crippen LogP contribution in [0.1, 0.15) is 17.1 Å². The third kappa shape index (κ3) is 12.2. The molecule has 15 heteroatoms. The van der Waals surface area contributed by atoms with E-state index in [0.717, 1.165) is 198 Å². The molecular formula is C111H60N12O3. The fourth-order valence-electron chi connectivity index (χ4n) is 18.1. The zero-order valence-electron chi connectivity index (χ0n) is 66.7. The topological polar surface area (TPSA) is 177 Å². The zero-order chi connectivity index (χ0) is 84.6. The van der Waals surface area contributed by atoms with Crippen LogP contribution in [0.5, 0.6) is 0 Å². The summed E-state index contributed by atoms with van der Waals surface area (Å²) < 4.78 is 25.3. The van der Waals surface area contributed by atoms with Crippen molar-refractivity contribution in [2.45, 2.75) is 0 Å². The molecule has 15 aromatic carbocycles. The van der Waals surface area contributed by atoms with Crippen molar-refractivity contribution in [3.63, 3.8) is 0 Å². The number of benzene rings is 15. The van der Waals surface area contributed by atoms with Crippen LogP contribution < -0.4 is 0 Å². The van der Waals surface area contributed by atoms with Crippen LogP contribution in [0.4, 0.5) is 17.1 Å². The Morgan fingerprint density at radius 3 is 1.07 bits per heavy atom. The van der Waals surface area contributed by atoms with Gasteiger partial charge in [0, 0.05) is 111 Å². The van der Waals surface area contributed by atoms with E-state index in [-0.39, 0.29) is 0 Å². The minimum Gasteiger partial charge on any atom is -0.456 e. The first-order valence-corrected chi connectivity index (χ1v) is 40.7. The van der Waals surface area contributed by atoms with Crippen molar-refractivity contribution < 1.29 is 13.3 Å². The maximum absolute atomic E-state index is 9.87. The van der Waals surface area contributed by atoms with E-state index in [2.05, 4.69) is 146 Å². The molecule has 0 amide bonds. The number of hydrogen-bond donors (Lipinski definition) is 0. The van der Waals surface area contributed by atoms with Gasteiger partial charge in [0.15, 0.2) is 0 Å². The van der Waals surface area contributed by atoms with Gasteiger partial charge < -0.3 is 27.0 Å². The molecule has 0 atom stereocenters. The Bertz CT molecular complexity index is 8780. The molecule has 0 saturated carbocycles. The lowest BCUT2D eigenvalue weighted by molar-refractivity contribution is 0.669. The first kappa shape index (κ1) is 73.8. The van der Waals surface area contributed by atoms with Crippen molar-refractivity contribution in [1.82, 2.24) is 28.7 Å². The van der Waals surface area contributed by atoms with Crippen LogP contribution in [0.2, 0.25) is 0 Å². The smallest absolute Gasteiger partial charge is 0.211 e. The van der Waals surface area contributed by atoms with Crippen molar-refractivity contribution in [3.8, 4) is 102 Å². The average molecular weight is 1610 g/mol. The highest BCUT2D eigenvalue weighted by atomic mass is 16.3. The number of nitriles is 3. The molecular weight excluding hydrogens is 1550 g/mol. The van der Waals surface area contributed by atoms with E-state index in [1.54, 1.807) is 18.6 Å². The number of fused-ring (bicyclic) bond motifs is 20. The lowest BCUT2D eigenvalue weighted by Crippen LogP contribution is -1.96. The van der Waals surface area contributed by atoms with E-state index in [9.17, 15) is 15.8 Å². The van der Waals surface area contributed by atoms with Crippen molar-refractivity contribution in [2.24, 2.45) is 0 Å². The predicted octanol–water partition coefficient (Wildman–Crippen LogP) is 29.5. The average Bonchev–Trinajstić information content (AvgIpc) is 1.57. The third-order valence-electron chi connectivity index (χ3n) is 23.8. The first-order chi connectivity index (χ1) is 62.2. The van der Waals surface area contributed by atoms with Crippen molar-refractivity contribution in [1.29, 1.82) is 15.8 Å². The monoisotopic (exact) mass is 1610 g/mol. The van der Waals surface area contributed by atoms with Crippen molar-refractivity contribution >= 4 is 148 Å². The number of aromatic nitrogens is 6. The van der Waals surface area contributed by atoms with Gasteiger partial charge in [0.25, 0.3) is 0 Å². The number of para-hydroxylation sites is 6. The Hall–Kier alpha value is -18.5. The first-order valence-electron chi connectivity index (χ1n) is 40.7. The van der Waals surface area contributed by atoms with E-state index in [0.29, 0.717) is 50.8 Å². The van der Waals surface area contributed by atoms with Crippen LogP contribution in [0.25, 0.3) is 230 Å². The molecule has 0 spiro atoms. The van der Waals surface area contributed by atoms with Crippen molar-refractivity contribution in [2.75, 3.05) is 0 Å². The lowest BCUT2D eigenvalue weighted by Gasteiger charge is -2.13. The molecule has 0 aliphatic heterocycles. The molecule has 9 aromatic heterocycles. The molecule has 0 aliphatic rings. The minimum atomic E-state index is 0.322. The Morgan fingerprint density at radius 1 is 0.238 bits per heavy atom. The Kier molecular flexibility index (Phi) is 17.8. The Labute approximate surface area is 719 Å². The van der Waals surface area contributed by atoms with Crippen LogP contribution in [0, 0.1) is 53.7 Å². The minimum absolute atomic E-state index is 0.322. The summed E-state index contributed by atoms with van der Waals surface area (Å²) in [6.07, 6.45) is 5.16. The highest BCUT2D eigenvalue weighted by molar-refractivity contribution is 6.28. The van der Waals surface area contributed by atoms with Crippen LogP contribution in [0.15, 0.2) is 378 Å². The maximum atomic E-state index is 9.87. The highest BCUT2D eigenvalue weighted by Gasteiger charge is 2.26. The molecule has 0 radical (unpaired) electrons. The summed E-state index contributed by atoms with van der Waals surface area (Å²) in [7, 11) is 0.